The number of aliphatic hydroxyl groups is 1. The van der Waals surface area contributed by atoms with E-state index in [0.717, 1.165) is 19.3 Å². The minimum atomic E-state index is -0.973. The Morgan fingerprint density at radius 3 is 2.06 bits per heavy atom. The fourth-order valence-electron chi connectivity index (χ4n) is 3.35. The first-order chi connectivity index (χ1) is 7.61. The van der Waals surface area contributed by atoms with Crippen LogP contribution in [0.1, 0.15) is 44.9 Å². The van der Waals surface area contributed by atoms with E-state index in [4.69, 9.17) is 0 Å². The topological polar surface area (TPSA) is 69.6 Å². The Hall–Kier alpha value is -0.610. The van der Waals surface area contributed by atoms with Gasteiger partial charge in [0.15, 0.2) is 0 Å². The van der Waals surface area contributed by atoms with Gasteiger partial charge in [0.25, 0.3) is 0 Å². The zero-order chi connectivity index (χ0) is 11.6. The number of piperidine rings is 1. The van der Waals surface area contributed by atoms with Crippen molar-refractivity contribution >= 4 is 5.97 Å². The Kier molecular flexibility index (Phi) is 3.22. The molecule has 1 saturated carbocycles. The van der Waals surface area contributed by atoms with E-state index < -0.39 is 17.0 Å². The SMILES string of the molecule is O=C(O)C1(C2(O)CCCCC2)CCNCC1. The molecule has 16 heavy (non-hydrogen) atoms. The number of nitrogens with one attached hydrogen (secondary N) is 1. The largest absolute Gasteiger partial charge is 0.481 e. The molecule has 92 valence electrons. The van der Waals surface area contributed by atoms with Crippen molar-refractivity contribution in [2.75, 3.05) is 13.1 Å². The van der Waals surface area contributed by atoms with Crippen LogP contribution >= 0.6 is 0 Å². The molecule has 2 rings (SSSR count). The molecule has 4 heteroatoms. The molecule has 0 aromatic carbocycles. The van der Waals surface area contributed by atoms with E-state index >= 15 is 0 Å². The second-order valence-corrected chi connectivity index (χ2v) is 5.23. The lowest BCUT2D eigenvalue weighted by Crippen LogP contribution is -2.58. The Morgan fingerprint density at radius 1 is 1.00 bits per heavy atom. The van der Waals surface area contributed by atoms with E-state index in [0.29, 0.717) is 38.8 Å². The predicted octanol–water partition coefficient (Wildman–Crippen LogP) is 1.14. The number of rotatable bonds is 2. The molecular formula is C12H21NO3. The van der Waals surface area contributed by atoms with Crippen LogP contribution in [0.2, 0.25) is 0 Å². The summed E-state index contributed by atoms with van der Waals surface area (Å²) in [5, 5.41) is 23.4. The van der Waals surface area contributed by atoms with E-state index in [-0.39, 0.29) is 0 Å². The van der Waals surface area contributed by atoms with E-state index in [1.807, 2.05) is 0 Å². The monoisotopic (exact) mass is 227 g/mol. The summed E-state index contributed by atoms with van der Waals surface area (Å²) in [7, 11) is 0. The number of carboxylic acid groups (broad SMARTS) is 1. The first kappa shape index (κ1) is 11.9. The van der Waals surface area contributed by atoms with Crippen LogP contribution in [0.25, 0.3) is 0 Å². The van der Waals surface area contributed by atoms with Crippen molar-refractivity contribution < 1.29 is 15.0 Å². The number of aliphatic carboxylic acids is 1. The first-order valence-corrected chi connectivity index (χ1v) is 6.27. The standard InChI is InChI=1S/C12H21NO3/c14-10(15)11(6-8-13-9-7-11)12(16)4-2-1-3-5-12/h13,16H,1-9H2,(H,14,15). The minimum Gasteiger partial charge on any atom is -0.481 e. The number of carboxylic acids is 1. The summed E-state index contributed by atoms with van der Waals surface area (Å²) >= 11 is 0. The number of hydrogen-bond acceptors (Lipinski definition) is 3. The van der Waals surface area contributed by atoms with Gasteiger partial charge in [0.1, 0.15) is 0 Å². The van der Waals surface area contributed by atoms with Crippen molar-refractivity contribution in [3.05, 3.63) is 0 Å². The second kappa shape index (κ2) is 4.34. The predicted molar refractivity (Wildman–Crippen MR) is 60.2 cm³/mol. The Balaban J connectivity index is 2.26. The van der Waals surface area contributed by atoms with Crippen LogP contribution in [0.3, 0.4) is 0 Å². The van der Waals surface area contributed by atoms with Gasteiger partial charge in [-0.25, -0.2) is 0 Å². The highest BCUT2D eigenvalue weighted by molar-refractivity contribution is 5.76. The highest BCUT2D eigenvalue weighted by atomic mass is 16.4. The summed E-state index contributed by atoms with van der Waals surface area (Å²) in [4.78, 5) is 11.6. The molecule has 1 aliphatic carbocycles. The first-order valence-electron chi connectivity index (χ1n) is 6.27. The van der Waals surface area contributed by atoms with Crippen LogP contribution in [0.15, 0.2) is 0 Å². The average molecular weight is 227 g/mol. The van der Waals surface area contributed by atoms with Gasteiger partial charge >= 0.3 is 5.97 Å². The molecule has 0 aromatic rings. The summed E-state index contributed by atoms with van der Waals surface area (Å²) in [5.41, 5.74) is -1.88. The molecule has 0 radical (unpaired) electrons. The fourth-order valence-corrected chi connectivity index (χ4v) is 3.35. The molecule has 1 aliphatic heterocycles. The average Bonchev–Trinajstić information content (AvgIpc) is 2.30. The van der Waals surface area contributed by atoms with Crippen molar-refractivity contribution in [1.29, 1.82) is 0 Å². The van der Waals surface area contributed by atoms with Gasteiger partial charge in [0, 0.05) is 0 Å². The normalized spacial score (nSPS) is 28.6. The zero-order valence-electron chi connectivity index (χ0n) is 9.67. The van der Waals surface area contributed by atoms with Gasteiger partial charge in [-0.15, -0.1) is 0 Å². The lowest BCUT2D eigenvalue weighted by Gasteiger charge is -2.48. The van der Waals surface area contributed by atoms with Gasteiger partial charge in [-0.2, -0.15) is 0 Å². The van der Waals surface area contributed by atoms with Crippen molar-refractivity contribution in [3.63, 3.8) is 0 Å². The summed E-state index contributed by atoms with van der Waals surface area (Å²) in [5.74, 6) is -0.807. The van der Waals surface area contributed by atoms with Crippen LogP contribution in [-0.2, 0) is 4.79 Å². The molecular weight excluding hydrogens is 206 g/mol. The summed E-state index contributed by atoms with van der Waals surface area (Å²) in [6, 6.07) is 0. The molecule has 0 amide bonds. The molecule has 2 aliphatic rings. The summed E-state index contributed by atoms with van der Waals surface area (Å²) in [6.07, 6.45) is 5.45. The van der Waals surface area contributed by atoms with Crippen molar-refractivity contribution in [2.24, 2.45) is 5.41 Å². The molecule has 0 bridgehead atoms. The van der Waals surface area contributed by atoms with Gasteiger partial charge < -0.3 is 15.5 Å². The lowest BCUT2D eigenvalue weighted by atomic mass is 9.61. The van der Waals surface area contributed by atoms with Gasteiger partial charge in [0.05, 0.1) is 11.0 Å². The fraction of sp³-hybridized carbons (Fsp3) is 0.917. The van der Waals surface area contributed by atoms with Gasteiger partial charge in [-0.1, -0.05) is 19.3 Å². The molecule has 2 fully saturated rings. The Labute approximate surface area is 96.0 Å². The molecule has 0 unspecified atom stereocenters. The van der Waals surface area contributed by atoms with Crippen LogP contribution in [0.4, 0.5) is 0 Å². The maximum Gasteiger partial charge on any atom is 0.312 e. The highest BCUT2D eigenvalue weighted by Gasteiger charge is 2.55. The van der Waals surface area contributed by atoms with Crippen LogP contribution in [0.5, 0.6) is 0 Å². The molecule has 0 aromatic heterocycles. The summed E-state index contributed by atoms with van der Waals surface area (Å²) in [6.45, 7) is 1.41. The second-order valence-electron chi connectivity index (χ2n) is 5.23. The number of hydrogen-bond donors (Lipinski definition) is 3. The van der Waals surface area contributed by atoms with E-state index in [2.05, 4.69) is 5.32 Å². The minimum absolute atomic E-state index is 0.554. The van der Waals surface area contributed by atoms with E-state index in [9.17, 15) is 15.0 Å². The van der Waals surface area contributed by atoms with Gasteiger partial charge in [-0.05, 0) is 38.8 Å². The van der Waals surface area contributed by atoms with Gasteiger partial charge in [-0.3, -0.25) is 4.79 Å². The molecule has 3 N–H and O–H groups in total. The maximum atomic E-state index is 11.6. The third kappa shape index (κ3) is 1.74. The van der Waals surface area contributed by atoms with E-state index in [1.165, 1.54) is 0 Å². The third-order valence-corrected chi connectivity index (χ3v) is 4.44. The van der Waals surface area contributed by atoms with E-state index in [1.54, 1.807) is 0 Å². The van der Waals surface area contributed by atoms with Gasteiger partial charge in [0.2, 0.25) is 0 Å². The van der Waals surface area contributed by atoms with Crippen LogP contribution < -0.4 is 5.32 Å². The maximum absolute atomic E-state index is 11.6. The van der Waals surface area contributed by atoms with Crippen molar-refractivity contribution in [3.8, 4) is 0 Å². The lowest BCUT2D eigenvalue weighted by molar-refractivity contribution is -0.180. The summed E-state index contributed by atoms with van der Waals surface area (Å²) < 4.78 is 0. The van der Waals surface area contributed by atoms with Crippen molar-refractivity contribution in [2.45, 2.75) is 50.5 Å². The Morgan fingerprint density at radius 2 is 1.56 bits per heavy atom. The quantitative estimate of drug-likeness (QED) is 0.661. The van der Waals surface area contributed by atoms with Crippen molar-refractivity contribution in [1.82, 2.24) is 5.32 Å². The zero-order valence-corrected chi connectivity index (χ0v) is 9.67. The third-order valence-electron chi connectivity index (χ3n) is 4.44. The van der Waals surface area contributed by atoms with Crippen LogP contribution in [0, 0.1) is 5.41 Å². The molecule has 1 heterocycles. The number of carbonyl (C=O) groups is 1. The molecule has 0 atom stereocenters. The highest BCUT2D eigenvalue weighted by Crippen LogP contribution is 2.48. The Bertz CT molecular complexity index is 265. The molecule has 1 saturated heterocycles. The smallest absolute Gasteiger partial charge is 0.312 e. The van der Waals surface area contributed by atoms with Crippen LogP contribution in [-0.4, -0.2) is 34.9 Å². The molecule has 4 nitrogen and oxygen atoms in total. The molecule has 0 spiro atoms.